The van der Waals surface area contributed by atoms with Gasteiger partial charge in [0.2, 0.25) is 0 Å². The minimum absolute atomic E-state index is 0.0836. The molecule has 0 aliphatic carbocycles. The summed E-state index contributed by atoms with van der Waals surface area (Å²) in [5.41, 5.74) is 5.69. The minimum atomic E-state index is -0.0836. The molecule has 1 heterocycles. The van der Waals surface area contributed by atoms with E-state index in [-0.39, 0.29) is 6.04 Å². The van der Waals surface area contributed by atoms with Crippen LogP contribution in [-0.2, 0) is 6.54 Å². The first kappa shape index (κ1) is 12.1. The Morgan fingerprint density at radius 3 is 2.60 bits per heavy atom. The molecule has 1 unspecified atom stereocenters. The molecular formula is C10H21N5. The number of hydrogen-bond donors (Lipinski definition) is 1. The molecule has 2 N–H and O–H groups in total. The largest absolute Gasteiger partial charge is 0.321 e. The average Bonchev–Trinajstić information content (AvgIpc) is 2.68. The van der Waals surface area contributed by atoms with Crippen LogP contribution in [0.4, 0.5) is 0 Å². The highest BCUT2D eigenvalue weighted by molar-refractivity contribution is 4.87. The van der Waals surface area contributed by atoms with Gasteiger partial charge < -0.3 is 10.6 Å². The van der Waals surface area contributed by atoms with Gasteiger partial charge in [-0.05, 0) is 20.0 Å². The van der Waals surface area contributed by atoms with Crippen molar-refractivity contribution in [2.24, 2.45) is 5.73 Å². The quantitative estimate of drug-likeness (QED) is 0.750. The van der Waals surface area contributed by atoms with E-state index in [0.29, 0.717) is 0 Å². The van der Waals surface area contributed by atoms with Crippen molar-refractivity contribution >= 4 is 0 Å². The molecule has 1 aromatic rings. The zero-order valence-corrected chi connectivity index (χ0v) is 9.85. The molecule has 0 bridgehead atoms. The molecule has 0 fully saturated rings. The lowest BCUT2D eigenvalue weighted by Crippen LogP contribution is -2.27. The molecule has 15 heavy (non-hydrogen) atoms. The molecular weight excluding hydrogens is 190 g/mol. The van der Waals surface area contributed by atoms with Crippen molar-refractivity contribution in [3.8, 4) is 0 Å². The van der Waals surface area contributed by atoms with Crippen LogP contribution < -0.4 is 5.73 Å². The van der Waals surface area contributed by atoms with E-state index in [0.717, 1.165) is 32.0 Å². The van der Waals surface area contributed by atoms with Gasteiger partial charge in [0, 0.05) is 6.54 Å². The van der Waals surface area contributed by atoms with Crippen LogP contribution in [0.15, 0.2) is 6.33 Å². The van der Waals surface area contributed by atoms with Crippen LogP contribution in [-0.4, -0.2) is 39.3 Å². The van der Waals surface area contributed by atoms with Crippen molar-refractivity contribution in [2.75, 3.05) is 19.6 Å². The van der Waals surface area contributed by atoms with Crippen LogP contribution in [0.25, 0.3) is 0 Å². The highest BCUT2D eigenvalue weighted by Gasteiger charge is 2.06. The van der Waals surface area contributed by atoms with E-state index < -0.39 is 0 Å². The normalized spacial score (nSPS) is 13.4. The van der Waals surface area contributed by atoms with Crippen molar-refractivity contribution < 1.29 is 0 Å². The van der Waals surface area contributed by atoms with Crippen molar-refractivity contribution in [2.45, 2.75) is 33.4 Å². The zero-order valence-electron chi connectivity index (χ0n) is 9.85. The van der Waals surface area contributed by atoms with Gasteiger partial charge in [-0.3, -0.25) is 4.68 Å². The third kappa shape index (κ3) is 3.60. The summed E-state index contributed by atoms with van der Waals surface area (Å²) < 4.78 is 1.86. The van der Waals surface area contributed by atoms with Gasteiger partial charge in [0.05, 0.1) is 12.6 Å². The number of aromatic nitrogens is 3. The molecule has 0 aliphatic heterocycles. The van der Waals surface area contributed by atoms with Gasteiger partial charge >= 0.3 is 0 Å². The van der Waals surface area contributed by atoms with E-state index in [1.165, 1.54) is 0 Å². The van der Waals surface area contributed by atoms with E-state index in [1.807, 2.05) is 11.6 Å². The molecule has 5 heteroatoms. The molecule has 1 rings (SSSR count). The molecule has 1 aromatic heterocycles. The number of rotatable bonds is 6. The standard InChI is InChI=1S/C10H21N5/c1-4-14(5-2)6-7-15-8-12-10(13-15)9(3)11/h8-9H,4-7,11H2,1-3H3. The predicted octanol–water partition coefficient (Wildman–Crippen LogP) is 0.640. The van der Waals surface area contributed by atoms with Crippen molar-refractivity contribution in [3.05, 3.63) is 12.2 Å². The number of likely N-dealkylation sites (N-methyl/N-ethyl adjacent to an activating group) is 1. The van der Waals surface area contributed by atoms with Gasteiger partial charge in [-0.2, -0.15) is 5.10 Å². The molecule has 0 spiro atoms. The topological polar surface area (TPSA) is 60.0 Å². The second kappa shape index (κ2) is 5.82. The molecule has 0 amide bonds. The van der Waals surface area contributed by atoms with Gasteiger partial charge in [-0.15, -0.1) is 0 Å². The molecule has 0 radical (unpaired) electrons. The van der Waals surface area contributed by atoms with Crippen LogP contribution in [0.1, 0.15) is 32.6 Å². The Balaban J connectivity index is 2.43. The summed E-state index contributed by atoms with van der Waals surface area (Å²) >= 11 is 0. The Morgan fingerprint density at radius 2 is 2.13 bits per heavy atom. The second-order valence-electron chi connectivity index (χ2n) is 3.68. The van der Waals surface area contributed by atoms with Crippen LogP contribution in [0.5, 0.6) is 0 Å². The van der Waals surface area contributed by atoms with Crippen LogP contribution in [0, 0.1) is 0 Å². The fourth-order valence-electron chi connectivity index (χ4n) is 1.41. The van der Waals surface area contributed by atoms with Gasteiger partial charge in [0.25, 0.3) is 0 Å². The molecule has 0 aromatic carbocycles. The zero-order chi connectivity index (χ0) is 11.3. The van der Waals surface area contributed by atoms with E-state index in [4.69, 9.17) is 5.73 Å². The molecule has 86 valence electrons. The summed E-state index contributed by atoms with van der Waals surface area (Å²) in [4.78, 5) is 6.51. The summed E-state index contributed by atoms with van der Waals surface area (Å²) in [6, 6.07) is -0.0836. The van der Waals surface area contributed by atoms with Crippen molar-refractivity contribution in [3.63, 3.8) is 0 Å². The minimum Gasteiger partial charge on any atom is -0.321 e. The molecule has 0 saturated carbocycles. The highest BCUT2D eigenvalue weighted by atomic mass is 15.3. The first-order valence-corrected chi connectivity index (χ1v) is 5.54. The van der Waals surface area contributed by atoms with Crippen LogP contribution >= 0.6 is 0 Å². The van der Waals surface area contributed by atoms with Gasteiger partial charge in [0.15, 0.2) is 5.82 Å². The molecule has 1 atom stereocenters. The summed E-state index contributed by atoms with van der Waals surface area (Å²) in [7, 11) is 0. The maximum Gasteiger partial charge on any atom is 0.166 e. The SMILES string of the molecule is CCN(CC)CCn1cnc(C(C)N)n1. The van der Waals surface area contributed by atoms with E-state index in [2.05, 4.69) is 28.8 Å². The predicted molar refractivity (Wildman–Crippen MR) is 60.4 cm³/mol. The summed E-state index contributed by atoms with van der Waals surface area (Å²) in [6.07, 6.45) is 1.75. The monoisotopic (exact) mass is 211 g/mol. The van der Waals surface area contributed by atoms with Crippen LogP contribution in [0.2, 0.25) is 0 Å². The Bertz CT molecular complexity index is 277. The Kier molecular flexibility index (Phi) is 4.71. The molecule has 0 aliphatic rings. The molecule has 0 saturated heterocycles. The van der Waals surface area contributed by atoms with E-state index >= 15 is 0 Å². The first-order chi connectivity index (χ1) is 7.17. The molecule has 5 nitrogen and oxygen atoms in total. The fraction of sp³-hybridized carbons (Fsp3) is 0.800. The smallest absolute Gasteiger partial charge is 0.166 e. The Labute approximate surface area is 91.3 Å². The van der Waals surface area contributed by atoms with E-state index in [1.54, 1.807) is 6.33 Å². The summed E-state index contributed by atoms with van der Waals surface area (Å²) in [6.45, 7) is 10.3. The lowest BCUT2D eigenvalue weighted by molar-refractivity contribution is 0.285. The van der Waals surface area contributed by atoms with Gasteiger partial charge in [-0.25, -0.2) is 4.98 Å². The highest BCUT2D eigenvalue weighted by Crippen LogP contribution is 2.00. The average molecular weight is 211 g/mol. The fourth-order valence-corrected chi connectivity index (χ4v) is 1.41. The number of nitrogens with zero attached hydrogens (tertiary/aromatic N) is 4. The van der Waals surface area contributed by atoms with Gasteiger partial charge in [-0.1, -0.05) is 13.8 Å². The van der Waals surface area contributed by atoms with Crippen molar-refractivity contribution in [1.29, 1.82) is 0 Å². The Morgan fingerprint density at radius 1 is 1.47 bits per heavy atom. The van der Waals surface area contributed by atoms with Crippen molar-refractivity contribution in [1.82, 2.24) is 19.7 Å². The third-order valence-electron chi connectivity index (χ3n) is 2.50. The van der Waals surface area contributed by atoms with Gasteiger partial charge in [0.1, 0.15) is 6.33 Å². The van der Waals surface area contributed by atoms with Crippen LogP contribution in [0.3, 0.4) is 0 Å². The van der Waals surface area contributed by atoms with E-state index in [9.17, 15) is 0 Å². The summed E-state index contributed by atoms with van der Waals surface area (Å²) in [5, 5.41) is 4.30. The summed E-state index contributed by atoms with van der Waals surface area (Å²) in [5.74, 6) is 0.717. The third-order valence-corrected chi connectivity index (χ3v) is 2.50. The Hall–Kier alpha value is -0.940. The number of hydrogen-bond acceptors (Lipinski definition) is 4. The second-order valence-corrected chi connectivity index (χ2v) is 3.68. The maximum atomic E-state index is 5.69. The lowest BCUT2D eigenvalue weighted by atomic mass is 10.4. The first-order valence-electron chi connectivity index (χ1n) is 5.54. The maximum absolute atomic E-state index is 5.69. The lowest BCUT2D eigenvalue weighted by Gasteiger charge is -2.17. The number of nitrogens with two attached hydrogens (primary N) is 1.